The van der Waals surface area contributed by atoms with E-state index in [1.54, 1.807) is 38.3 Å². The highest BCUT2D eigenvalue weighted by molar-refractivity contribution is 6.32. The topological polar surface area (TPSA) is 51.6 Å². The normalized spacial score (nSPS) is 12.0. The van der Waals surface area contributed by atoms with Crippen molar-refractivity contribution in [2.24, 2.45) is 0 Å². The number of methoxy groups -OCH3 is 1. The number of aliphatic hydroxyl groups excluding tert-OH is 1. The molecule has 1 N–H and O–H groups in total. The fraction of sp³-hybridized carbons (Fsp3) is 0.267. The molecule has 1 heterocycles. The number of aliphatic hydroxyl groups is 1. The van der Waals surface area contributed by atoms with E-state index in [1.807, 2.05) is 12.1 Å². The molecule has 1 aromatic carbocycles. The Labute approximate surface area is 122 Å². The fourth-order valence-corrected chi connectivity index (χ4v) is 1.94. The van der Waals surface area contributed by atoms with Crippen LogP contribution in [0.15, 0.2) is 36.4 Å². The molecule has 0 unspecified atom stereocenters. The van der Waals surface area contributed by atoms with Crippen LogP contribution < -0.4 is 9.47 Å². The third kappa shape index (κ3) is 3.62. The van der Waals surface area contributed by atoms with Crippen molar-refractivity contribution in [1.29, 1.82) is 0 Å². The zero-order chi connectivity index (χ0) is 14.5. The summed E-state index contributed by atoms with van der Waals surface area (Å²) in [7, 11) is 1.57. The highest BCUT2D eigenvalue weighted by Gasteiger charge is 2.07. The maximum absolute atomic E-state index is 9.48. The molecular weight excluding hydrogens is 278 g/mol. The van der Waals surface area contributed by atoms with Crippen LogP contribution in [0.2, 0.25) is 5.02 Å². The van der Waals surface area contributed by atoms with Gasteiger partial charge in [-0.25, -0.2) is 4.98 Å². The number of nitrogens with zero attached hydrogens (tertiary/aromatic N) is 1. The molecule has 0 amide bonds. The van der Waals surface area contributed by atoms with Crippen LogP contribution in [0, 0.1) is 0 Å². The lowest BCUT2D eigenvalue weighted by molar-refractivity contribution is 0.199. The zero-order valence-electron chi connectivity index (χ0n) is 11.3. The van der Waals surface area contributed by atoms with E-state index in [4.69, 9.17) is 21.1 Å². The predicted octanol–water partition coefficient (Wildman–Crippen LogP) is 3.38. The summed E-state index contributed by atoms with van der Waals surface area (Å²) in [6, 6.07) is 10.7. The molecule has 1 atom stereocenters. The molecule has 5 heteroatoms. The second-order valence-corrected chi connectivity index (χ2v) is 4.73. The van der Waals surface area contributed by atoms with Crippen molar-refractivity contribution in [1.82, 2.24) is 4.98 Å². The number of hydrogen-bond acceptors (Lipinski definition) is 4. The van der Waals surface area contributed by atoms with Crippen LogP contribution in [-0.2, 0) is 6.61 Å². The Bertz CT molecular complexity index is 587. The minimum Gasteiger partial charge on any atom is -0.486 e. The van der Waals surface area contributed by atoms with E-state index in [1.165, 1.54) is 0 Å². The summed E-state index contributed by atoms with van der Waals surface area (Å²) in [6.07, 6.45) is -0.554. The van der Waals surface area contributed by atoms with Crippen LogP contribution in [0.1, 0.15) is 24.3 Å². The number of halogens is 1. The first kappa shape index (κ1) is 14.6. The largest absolute Gasteiger partial charge is 0.486 e. The number of ether oxygens (including phenoxy) is 2. The minimum absolute atomic E-state index is 0.297. The van der Waals surface area contributed by atoms with E-state index >= 15 is 0 Å². The Morgan fingerprint density at radius 2 is 2.10 bits per heavy atom. The molecule has 0 fully saturated rings. The minimum atomic E-state index is -0.554. The molecule has 0 radical (unpaired) electrons. The molecular formula is C15H16ClNO3. The van der Waals surface area contributed by atoms with Crippen LogP contribution in [0.4, 0.5) is 0 Å². The molecule has 2 aromatic rings. The molecule has 0 aliphatic heterocycles. The van der Waals surface area contributed by atoms with Crippen LogP contribution in [0.25, 0.3) is 0 Å². The maximum atomic E-state index is 9.48. The van der Waals surface area contributed by atoms with Gasteiger partial charge in [-0.05, 0) is 30.7 Å². The van der Waals surface area contributed by atoms with Gasteiger partial charge in [-0.1, -0.05) is 23.7 Å². The van der Waals surface area contributed by atoms with Gasteiger partial charge in [0.25, 0.3) is 0 Å². The van der Waals surface area contributed by atoms with E-state index < -0.39 is 6.10 Å². The van der Waals surface area contributed by atoms with Crippen molar-refractivity contribution >= 4 is 11.6 Å². The molecule has 0 bridgehead atoms. The lowest BCUT2D eigenvalue weighted by Gasteiger charge is -2.11. The Morgan fingerprint density at radius 3 is 2.75 bits per heavy atom. The third-order valence-corrected chi connectivity index (χ3v) is 3.10. The van der Waals surface area contributed by atoms with Crippen molar-refractivity contribution in [2.45, 2.75) is 19.6 Å². The monoisotopic (exact) mass is 293 g/mol. The summed E-state index contributed by atoms with van der Waals surface area (Å²) < 4.78 is 10.7. The molecule has 1 aromatic heterocycles. The molecule has 0 aliphatic rings. The summed E-state index contributed by atoms with van der Waals surface area (Å²) in [5, 5.41) is 9.95. The quantitative estimate of drug-likeness (QED) is 0.918. The van der Waals surface area contributed by atoms with Gasteiger partial charge in [0, 0.05) is 6.07 Å². The van der Waals surface area contributed by atoms with Crippen molar-refractivity contribution in [2.75, 3.05) is 7.11 Å². The summed E-state index contributed by atoms with van der Waals surface area (Å²) in [6.45, 7) is 1.98. The van der Waals surface area contributed by atoms with Crippen molar-refractivity contribution in [3.8, 4) is 11.6 Å². The Morgan fingerprint density at radius 1 is 1.30 bits per heavy atom. The van der Waals surface area contributed by atoms with Gasteiger partial charge in [0.15, 0.2) is 0 Å². The van der Waals surface area contributed by atoms with E-state index in [-0.39, 0.29) is 0 Å². The third-order valence-electron chi connectivity index (χ3n) is 2.80. The Balaban J connectivity index is 2.07. The molecule has 4 nitrogen and oxygen atoms in total. The first-order valence-corrected chi connectivity index (χ1v) is 6.58. The van der Waals surface area contributed by atoms with Gasteiger partial charge >= 0.3 is 0 Å². The molecule has 0 spiro atoms. The van der Waals surface area contributed by atoms with Gasteiger partial charge in [-0.15, -0.1) is 0 Å². The number of hydrogen-bond donors (Lipinski definition) is 1. The second kappa shape index (κ2) is 6.59. The lowest BCUT2D eigenvalue weighted by Crippen LogP contribution is -2.00. The van der Waals surface area contributed by atoms with Gasteiger partial charge in [0.05, 0.1) is 23.9 Å². The Kier molecular flexibility index (Phi) is 4.82. The average molecular weight is 294 g/mol. The summed E-state index contributed by atoms with van der Waals surface area (Å²) in [4.78, 5) is 4.25. The SMILES string of the molecule is COc1cccc(COc2ccc([C@H](C)O)cc2Cl)n1. The summed E-state index contributed by atoms with van der Waals surface area (Å²) in [5.41, 5.74) is 1.50. The fourth-order valence-electron chi connectivity index (χ4n) is 1.70. The molecule has 2 rings (SSSR count). The van der Waals surface area contributed by atoms with Gasteiger partial charge in [0.2, 0.25) is 5.88 Å². The van der Waals surface area contributed by atoms with Crippen LogP contribution >= 0.6 is 11.6 Å². The summed E-state index contributed by atoms with van der Waals surface area (Å²) >= 11 is 6.12. The van der Waals surface area contributed by atoms with E-state index in [0.717, 1.165) is 11.3 Å². The lowest BCUT2D eigenvalue weighted by atomic mass is 10.1. The number of benzene rings is 1. The first-order chi connectivity index (χ1) is 9.60. The smallest absolute Gasteiger partial charge is 0.213 e. The van der Waals surface area contributed by atoms with Gasteiger partial charge < -0.3 is 14.6 Å². The number of aromatic nitrogens is 1. The van der Waals surface area contributed by atoms with E-state index in [0.29, 0.717) is 23.3 Å². The first-order valence-electron chi connectivity index (χ1n) is 6.20. The molecule has 0 saturated heterocycles. The summed E-state index contributed by atoms with van der Waals surface area (Å²) in [5.74, 6) is 1.10. The standard InChI is InChI=1S/C15H16ClNO3/c1-10(18)11-6-7-14(13(16)8-11)20-9-12-4-3-5-15(17-12)19-2/h3-8,10,18H,9H2,1-2H3/t10-/m0/s1. The van der Waals surface area contributed by atoms with Crippen LogP contribution in [0.3, 0.4) is 0 Å². The second-order valence-electron chi connectivity index (χ2n) is 4.33. The van der Waals surface area contributed by atoms with E-state index in [2.05, 4.69) is 4.98 Å². The van der Waals surface area contributed by atoms with Gasteiger partial charge in [-0.2, -0.15) is 0 Å². The predicted molar refractivity (Wildman–Crippen MR) is 77.2 cm³/mol. The number of rotatable bonds is 5. The van der Waals surface area contributed by atoms with Crippen molar-refractivity contribution < 1.29 is 14.6 Å². The van der Waals surface area contributed by atoms with Gasteiger partial charge in [0.1, 0.15) is 12.4 Å². The zero-order valence-corrected chi connectivity index (χ0v) is 12.1. The van der Waals surface area contributed by atoms with Crippen LogP contribution in [0.5, 0.6) is 11.6 Å². The average Bonchev–Trinajstić information content (AvgIpc) is 2.46. The highest BCUT2D eigenvalue weighted by atomic mass is 35.5. The highest BCUT2D eigenvalue weighted by Crippen LogP contribution is 2.28. The maximum Gasteiger partial charge on any atom is 0.213 e. The Hall–Kier alpha value is -1.78. The van der Waals surface area contributed by atoms with Crippen LogP contribution in [-0.4, -0.2) is 17.2 Å². The molecule has 0 saturated carbocycles. The number of pyridine rings is 1. The van der Waals surface area contributed by atoms with Gasteiger partial charge in [-0.3, -0.25) is 0 Å². The van der Waals surface area contributed by atoms with Crippen molar-refractivity contribution in [3.63, 3.8) is 0 Å². The molecule has 106 valence electrons. The molecule has 0 aliphatic carbocycles. The molecule has 20 heavy (non-hydrogen) atoms. The van der Waals surface area contributed by atoms with E-state index in [9.17, 15) is 5.11 Å². The van der Waals surface area contributed by atoms with Crippen molar-refractivity contribution in [3.05, 3.63) is 52.7 Å².